The Balaban J connectivity index is 2.39. The third-order valence-corrected chi connectivity index (χ3v) is 3.24. The van der Waals surface area contributed by atoms with E-state index in [1.54, 1.807) is 7.11 Å². The molecular formula is C15H18FN3O3. The van der Waals surface area contributed by atoms with Crippen LogP contribution in [-0.4, -0.2) is 35.9 Å². The number of aryl methyl sites for hydroxylation is 1. The molecule has 2 aromatic rings. The lowest BCUT2D eigenvalue weighted by Crippen LogP contribution is -2.33. The number of methoxy groups -OCH3 is 1. The number of nitrogens with zero attached hydrogens (tertiary/aromatic N) is 2. The molecule has 0 aliphatic carbocycles. The molecule has 0 aliphatic rings. The Morgan fingerprint density at radius 3 is 2.91 bits per heavy atom. The minimum atomic E-state index is -0.566. The normalized spacial score (nSPS) is 10.9. The summed E-state index contributed by atoms with van der Waals surface area (Å²) in [6.07, 6.45) is 0.631. The van der Waals surface area contributed by atoms with Crippen LogP contribution in [0.5, 0.6) is 0 Å². The van der Waals surface area contributed by atoms with Crippen LogP contribution in [-0.2, 0) is 11.3 Å². The van der Waals surface area contributed by atoms with Gasteiger partial charge in [-0.05, 0) is 31.5 Å². The molecule has 0 saturated carbocycles. The standard InChI is InChI=1S/C15H18FN3O3/c1-3-19-12-6-5-10(16)9-11(12)14(20)13(18-19)15(21)17-7-4-8-22-2/h5-6,9H,3-4,7-8H2,1-2H3,(H,17,21). The summed E-state index contributed by atoms with van der Waals surface area (Å²) >= 11 is 0. The molecule has 0 fully saturated rings. The first-order valence-corrected chi connectivity index (χ1v) is 7.06. The fraction of sp³-hybridized carbons (Fsp3) is 0.400. The molecule has 0 spiro atoms. The molecule has 118 valence electrons. The second-order valence-electron chi connectivity index (χ2n) is 4.76. The highest BCUT2D eigenvalue weighted by molar-refractivity contribution is 5.95. The van der Waals surface area contributed by atoms with Crippen LogP contribution >= 0.6 is 0 Å². The van der Waals surface area contributed by atoms with E-state index in [-0.39, 0.29) is 11.1 Å². The molecule has 1 amide bonds. The maximum Gasteiger partial charge on any atom is 0.275 e. The van der Waals surface area contributed by atoms with Gasteiger partial charge in [0.05, 0.1) is 10.9 Å². The Bertz CT molecular complexity index is 743. The number of ether oxygens (including phenoxy) is 1. The quantitative estimate of drug-likeness (QED) is 0.817. The summed E-state index contributed by atoms with van der Waals surface area (Å²) < 4.78 is 19.8. The number of nitrogens with one attached hydrogen (secondary N) is 1. The highest BCUT2D eigenvalue weighted by Crippen LogP contribution is 2.12. The average molecular weight is 307 g/mol. The Kier molecular flexibility index (Phi) is 5.21. The van der Waals surface area contributed by atoms with E-state index in [0.717, 1.165) is 6.07 Å². The summed E-state index contributed by atoms with van der Waals surface area (Å²) in [5, 5.41) is 6.85. The van der Waals surface area contributed by atoms with Gasteiger partial charge in [0.2, 0.25) is 5.43 Å². The fourth-order valence-corrected chi connectivity index (χ4v) is 2.15. The summed E-state index contributed by atoms with van der Waals surface area (Å²) in [5.74, 6) is -1.08. The maximum absolute atomic E-state index is 13.4. The Hall–Kier alpha value is -2.28. The van der Waals surface area contributed by atoms with Crippen LogP contribution in [0, 0.1) is 5.82 Å². The third kappa shape index (κ3) is 3.30. The van der Waals surface area contributed by atoms with Crippen molar-refractivity contribution in [1.82, 2.24) is 15.1 Å². The first-order chi connectivity index (χ1) is 10.6. The van der Waals surface area contributed by atoms with Gasteiger partial charge in [-0.1, -0.05) is 0 Å². The molecule has 22 heavy (non-hydrogen) atoms. The highest BCUT2D eigenvalue weighted by atomic mass is 19.1. The molecule has 0 unspecified atom stereocenters. The predicted octanol–water partition coefficient (Wildman–Crippen LogP) is 1.32. The number of amides is 1. The van der Waals surface area contributed by atoms with E-state index in [1.807, 2.05) is 6.92 Å². The van der Waals surface area contributed by atoms with Crippen molar-refractivity contribution in [2.45, 2.75) is 19.9 Å². The second-order valence-corrected chi connectivity index (χ2v) is 4.76. The van der Waals surface area contributed by atoms with Crippen molar-refractivity contribution < 1.29 is 13.9 Å². The van der Waals surface area contributed by atoms with E-state index in [1.165, 1.54) is 16.8 Å². The molecule has 6 nitrogen and oxygen atoms in total. The molecule has 0 bridgehead atoms. The smallest absolute Gasteiger partial charge is 0.275 e. The maximum atomic E-state index is 13.4. The Labute approximate surface area is 126 Å². The van der Waals surface area contributed by atoms with Crippen LogP contribution in [0.4, 0.5) is 4.39 Å². The van der Waals surface area contributed by atoms with Crippen LogP contribution in [0.15, 0.2) is 23.0 Å². The summed E-state index contributed by atoms with van der Waals surface area (Å²) in [4.78, 5) is 24.5. The van der Waals surface area contributed by atoms with Crippen LogP contribution in [0.1, 0.15) is 23.8 Å². The van der Waals surface area contributed by atoms with Gasteiger partial charge in [-0.3, -0.25) is 14.3 Å². The van der Waals surface area contributed by atoms with Crippen molar-refractivity contribution in [3.8, 4) is 0 Å². The summed E-state index contributed by atoms with van der Waals surface area (Å²) in [6, 6.07) is 3.89. The lowest BCUT2D eigenvalue weighted by Gasteiger charge is -2.10. The van der Waals surface area contributed by atoms with Gasteiger partial charge in [-0.15, -0.1) is 0 Å². The lowest BCUT2D eigenvalue weighted by atomic mass is 10.2. The minimum Gasteiger partial charge on any atom is -0.385 e. The Morgan fingerprint density at radius 1 is 1.45 bits per heavy atom. The van der Waals surface area contributed by atoms with Gasteiger partial charge in [0.1, 0.15) is 5.82 Å². The highest BCUT2D eigenvalue weighted by Gasteiger charge is 2.17. The molecular weight excluding hydrogens is 289 g/mol. The number of hydrogen-bond donors (Lipinski definition) is 1. The van der Waals surface area contributed by atoms with Crippen LogP contribution < -0.4 is 10.7 Å². The van der Waals surface area contributed by atoms with Gasteiger partial charge in [0.25, 0.3) is 5.91 Å². The van der Waals surface area contributed by atoms with Crippen molar-refractivity contribution in [2.24, 2.45) is 0 Å². The topological polar surface area (TPSA) is 73.2 Å². The monoisotopic (exact) mass is 307 g/mol. The van der Waals surface area contributed by atoms with Gasteiger partial charge in [0.15, 0.2) is 5.69 Å². The molecule has 1 aromatic carbocycles. The van der Waals surface area contributed by atoms with E-state index in [4.69, 9.17) is 4.74 Å². The fourth-order valence-electron chi connectivity index (χ4n) is 2.15. The summed E-state index contributed by atoms with van der Waals surface area (Å²) in [5.41, 5.74) is -0.286. The SMILES string of the molecule is CCn1nc(C(=O)NCCCOC)c(=O)c2cc(F)ccc21. The van der Waals surface area contributed by atoms with Crippen LogP contribution in [0.3, 0.4) is 0 Å². The molecule has 0 aliphatic heterocycles. The zero-order chi connectivity index (χ0) is 16.1. The zero-order valence-corrected chi connectivity index (χ0v) is 12.6. The third-order valence-electron chi connectivity index (χ3n) is 3.24. The van der Waals surface area contributed by atoms with Gasteiger partial charge in [0, 0.05) is 26.8 Å². The molecule has 1 heterocycles. The number of halogens is 1. The average Bonchev–Trinajstić information content (AvgIpc) is 2.52. The van der Waals surface area contributed by atoms with E-state index in [9.17, 15) is 14.0 Å². The second kappa shape index (κ2) is 7.13. The number of carbonyl (C=O) groups is 1. The summed E-state index contributed by atoms with van der Waals surface area (Å²) in [7, 11) is 1.57. The summed E-state index contributed by atoms with van der Waals surface area (Å²) in [6.45, 7) is 3.18. The largest absolute Gasteiger partial charge is 0.385 e. The number of benzene rings is 1. The van der Waals surface area contributed by atoms with Gasteiger partial charge in [-0.2, -0.15) is 5.10 Å². The predicted molar refractivity (Wildman–Crippen MR) is 80.5 cm³/mol. The van der Waals surface area contributed by atoms with Crippen molar-refractivity contribution in [2.75, 3.05) is 20.3 Å². The zero-order valence-electron chi connectivity index (χ0n) is 12.6. The number of rotatable bonds is 6. The van der Waals surface area contributed by atoms with E-state index in [2.05, 4.69) is 10.4 Å². The van der Waals surface area contributed by atoms with E-state index in [0.29, 0.717) is 31.6 Å². The molecule has 0 atom stereocenters. The molecule has 1 N–H and O–H groups in total. The van der Waals surface area contributed by atoms with E-state index >= 15 is 0 Å². The molecule has 7 heteroatoms. The van der Waals surface area contributed by atoms with Gasteiger partial charge >= 0.3 is 0 Å². The molecule has 1 aromatic heterocycles. The molecule has 2 rings (SSSR count). The first-order valence-electron chi connectivity index (χ1n) is 7.06. The Morgan fingerprint density at radius 2 is 2.23 bits per heavy atom. The number of aromatic nitrogens is 2. The van der Waals surface area contributed by atoms with Crippen molar-refractivity contribution in [1.29, 1.82) is 0 Å². The van der Waals surface area contributed by atoms with Crippen molar-refractivity contribution >= 4 is 16.8 Å². The molecule has 0 radical (unpaired) electrons. The first kappa shape index (κ1) is 16.1. The number of hydrogen-bond acceptors (Lipinski definition) is 4. The van der Waals surface area contributed by atoms with Crippen LogP contribution in [0.25, 0.3) is 10.9 Å². The van der Waals surface area contributed by atoms with Crippen molar-refractivity contribution in [3.63, 3.8) is 0 Å². The van der Waals surface area contributed by atoms with E-state index < -0.39 is 17.2 Å². The van der Waals surface area contributed by atoms with Gasteiger partial charge in [-0.25, -0.2) is 4.39 Å². The van der Waals surface area contributed by atoms with Gasteiger partial charge < -0.3 is 10.1 Å². The van der Waals surface area contributed by atoms with Crippen molar-refractivity contribution in [3.05, 3.63) is 39.9 Å². The minimum absolute atomic E-state index is 0.152. The molecule has 0 saturated heterocycles. The lowest BCUT2D eigenvalue weighted by molar-refractivity contribution is 0.0940. The number of carbonyl (C=O) groups excluding carboxylic acids is 1. The van der Waals surface area contributed by atoms with Crippen LogP contribution in [0.2, 0.25) is 0 Å². The number of fused-ring (bicyclic) bond motifs is 1.